The smallest absolute Gasteiger partial charge is 0.330 e. The fourth-order valence-corrected chi connectivity index (χ4v) is 2.24. The van der Waals surface area contributed by atoms with Crippen LogP contribution in [-0.4, -0.2) is 17.6 Å². The van der Waals surface area contributed by atoms with E-state index in [1.807, 2.05) is 18.2 Å². The normalized spacial score (nSPS) is 11.1. The number of esters is 1. The van der Waals surface area contributed by atoms with Gasteiger partial charge in [0.15, 0.2) is 0 Å². The first-order valence-corrected chi connectivity index (χ1v) is 6.87. The van der Waals surface area contributed by atoms with E-state index < -0.39 is 5.97 Å². The van der Waals surface area contributed by atoms with Gasteiger partial charge in [-0.1, -0.05) is 27.5 Å². The molecule has 0 amide bonds. The molecular weight excluding hydrogens is 330 g/mol. The summed E-state index contributed by atoms with van der Waals surface area (Å²) in [6, 6.07) is 5.68. The van der Waals surface area contributed by atoms with Crippen molar-refractivity contribution in [3.05, 3.63) is 45.5 Å². The lowest BCUT2D eigenvalue weighted by atomic mass is 10.1. The highest BCUT2D eigenvalue weighted by Gasteiger charge is 2.06. The molecule has 0 aliphatic rings. The van der Waals surface area contributed by atoms with Crippen LogP contribution in [0.2, 0.25) is 5.02 Å². The average molecular weight is 341 g/mol. The summed E-state index contributed by atoms with van der Waals surface area (Å²) in [5.41, 5.74) is 1.49. The maximum atomic E-state index is 11.3. The van der Waals surface area contributed by atoms with Gasteiger partial charge in [0.25, 0.3) is 0 Å². The Morgan fingerprint density at radius 3 is 3.05 bits per heavy atom. The average Bonchev–Trinajstić information content (AvgIpc) is 2.39. The van der Waals surface area contributed by atoms with Crippen LogP contribution >= 0.6 is 27.5 Å². The molecular formula is C14H11BrClNO2. The molecule has 0 unspecified atom stereocenters. The number of hydrogen-bond donors (Lipinski definition) is 0. The Bertz CT molecular complexity index is 655. The molecule has 0 N–H and O–H groups in total. The Morgan fingerprint density at radius 2 is 2.32 bits per heavy atom. The van der Waals surface area contributed by atoms with Crippen LogP contribution in [0, 0.1) is 0 Å². The zero-order valence-electron chi connectivity index (χ0n) is 10.2. The number of nitrogens with zero attached hydrogens (tertiary/aromatic N) is 1. The van der Waals surface area contributed by atoms with Gasteiger partial charge in [0.2, 0.25) is 0 Å². The zero-order valence-corrected chi connectivity index (χ0v) is 12.5. The number of carbonyl (C=O) groups is 1. The molecule has 3 nitrogen and oxygen atoms in total. The molecule has 0 bridgehead atoms. The van der Waals surface area contributed by atoms with Gasteiger partial charge in [-0.15, -0.1) is 0 Å². The molecule has 0 aliphatic heterocycles. The Kier molecular flexibility index (Phi) is 4.56. The predicted octanol–water partition coefficient (Wildman–Crippen LogP) is 4.23. The molecule has 1 aromatic carbocycles. The standard InChI is InChI=1S/C14H11BrClNO2/c1-2-19-13(18)6-3-9-8-17-12-5-4-10(15)7-11(12)14(9)16/h3-8H,2H2,1H3. The molecule has 5 heteroatoms. The van der Waals surface area contributed by atoms with Gasteiger partial charge in [-0.25, -0.2) is 4.79 Å². The van der Waals surface area contributed by atoms with Crippen LogP contribution in [0.1, 0.15) is 12.5 Å². The largest absolute Gasteiger partial charge is 0.463 e. The fraction of sp³-hybridized carbons (Fsp3) is 0.143. The van der Waals surface area contributed by atoms with Crippen LogP contribution in [0.15, 0.2) is 34.9 Å². The van der Waals surface area contributed by atoms with Crippen molar-refractivity contribution in [2.45, 2.75) is 6.92 Å². The first kappa shape index (κ1) is 14.0. The van der Waals surface area contributed by atoms with Crippen LogP contribution in [0.4, 0.5) is 0 Å². The SMILES string of the molecule is CCOC(=O)C=Cc1cnc2ccc(Br)cc2c1Cl. The molecule has 0 saturated heterocycles. The predicted molar refractivity (Wildman–Crippen MR) is 80.1 cm³/mol. The Hall–Kier alpha value is -1.39. The van der Waals surface area contributed by atoms with E-state index in [0.29, 0.717) is 17.2 Å². The molecule has 2 rings (SSSR count). The van der Waals surface area contributed by atoms with Gasteiger partial charge in [-0.3, -0.25) is 4.98 Å². The second-order valence-corrected chi connectivity index (χ2v) is 5.07. The molecule has 0 radical (unpaired) electrons. The first-order valence-electron chi connectivity index (χ1n) is 5.70. The van der Waals surface area contributed by atoms with Crippen molar-refractivity contribution < 1.29 is 9.53 Å². The number of fused-ring (bicyclic) bond motifs is 1. The molecule has 19 heavy (non-hydrogen) atoms. The molecule has 98 valence electrons. The minimum absolute atomic E-state index is 0.347. The van der Waals surface area contributed by atoms with E-state index in [9.17, 15) is 4.79 Å². The Morgan fingerprint density at radius 1 is 1.53 bits per heavy atom. The van der Waals surface area contributed by atoms with Crippen LogP contribution in [-0.2, 0) is 9.53 Å². The summed E-state index contributed by atoms with van der Waals surface area (Å²) in [5, 5.41) is 1.40. The number of pyridine rings is 1. The Balaban J connectivity index is 2.39. The van der Waals surface area contributed by atoms with Gasteiger partial charge in [-0.2, -0.15) is 0 Å². The molecule has 0 spiro atoms. The minimum Gasteiger partial charge on any atom is -0.463 e. The lowest BCUT2D eigenvalue weighted by Crippen LogP contribution is -1.98. The first-order chi connectivity index (χ1) is 9.11. The lowest BCUT2D eigenvalue weighted by Gasteiger charge is -2.04. The van der Waals surface area contributed by atoms with Crippen molar-refractivity contribution in [3.63, 3.8) is 0 Å². The summed E-state index contributed by atoms with van der Waals surface area (Å²) in [6.07, 6.45) is 4.58. The second-order valence-electron chi connectivity index (χ2n) is 3.77. The highest BCUT2D eigenvalue weighted by Crippen LogP contribution is 2.28. The van der Waals surface area contributed by atoms with E-state index >= 15 is 0 Å². The molecule has 2 aromatic rings. The van der Waals surface area contributed by atoms with Crippen molar-refractivity contribution >= 4 is 50.5 Å². The summed E-state index contributed by atoms with van der Waals surface area (Å²) in [6.45, 7) is 2.10. The van der Waals surface area contributed by atoms with Crippen molar-refractivity contribution in [2.75, 3.05) is 6.61 Å². The molecule has 0 aliphatic carbocycles. The van der Waals surface area contributed by atoms with Crippen molar-refractivity contribution in [3.8, 4) is 0 Å². The molecule has 1 aromatic heterocycles. The molecule has 0 saturated carbocycles. The summed E-state index contributed by atoms with van der Waals surface area (Å²) in [4.78, 5) is 15.6. The van der Waals surface area contributed by atoms with Crippen LogP contribution in [0.3, 0.4) is 0 Å². The monoisotopic (exact) mass is 339 g/mol. The van der Waals surface area contributed by atoms with Gasteiger partial charge in [0.1, 0.15) is 0 Å². The number of halogens is 2. The van der Waals surface area contributed by atoms with Crippen molar-refractivity contribution in [1.29, 1.82) is 0 Å². The zero-order chi connectivity index (χ0) is 13.8. The number of rotatable bonds is 3. The third-order valence-electron chi connectivity index (χ3n) is 2.48. The van der Waals surface area contributed by atoms with E-state index in [-0.39, 0.29) is 0 Å². The van der Waals surface area contributed by atoms with Crippen molar-refractivity contribution in [2.24, 2.45) is 0 Å². The third kappa shape index (κ3) is 3.33. The second kappa shape index (κ2) is 6.17. The highest BCUT2D eigenvalue weighted by molar-refractivity contribution is 9.10. The summed E-state index contributed by atoms with van der Waals surface area (Å²) < 4.78 is 5.74. The van der Waals surface area contributed by atoms with E-state index in [1.165, 1.54) is 6.08 Å². The van der Waals surface area contributed by atoms with E-state index in [4.69, 9.17) is 16.3 Å². The van der Waals surface area contributed by atoms with E-state index in [2.05, 4.69) is 20.9 Å². The van der Waals surface area contributed by atoms with Gasteiger partial charge < -0.3 is 4.74 Å². The number of hydrogen-bond acceptors (Lipinski definition) is 3. The van der Waals surface area contributed by atoms with E-state index in [0.717, 1.165) is 15.4 Å². The van der Waals surface area contributed by atoms with Crippen LogP contribution in [0.25, 0.3) is 17.0 Å². The number of aromatic nitrogens is 1. The number of ether oxygens (including phenoxy) is 1. The van der Waals surface area contributed by atoms with Gasteiger partial charge >= 0.3 is 5.97 Å². The van der Waals surface area contributed by atoms with Crippen molar-refractivity contribution in [1.82, 2.24) is 4.98 Å². The maximum Gasteiger partial charge on any atom is 0.330 e. The van der Waals surface area contributed by atoms with E-state index in [1.54, 1.807) is 19.2 Å². The topological polar surface area (TPSA) is 39.2 Å². The summed E-state index contributed by atoms with van der Waals surface area (Å²) >= 11 is 9.71. The van der Waals surface area contributed by atoms with Crippen LogP contribution in [0.5, 0.6) is 0 Å². The molecule has 0 atom stereocenters. The molecule has 1 heterocycles. The van der Waals surface area contributed by atoms with Crippen LogP contribution < -0.4 is 0 Å². The molecule has 0 fully saturated rings. The number of carbonyl (C=O) groups excluding carboxylic acids is 1. The summed E-state index contributed by atoms with van der Waals surface area (Å²) in [7, 11) is 0. The minimum atomic E-state index is -0.395. The summed E-state index contributed by atoms with van der Waals surface area (Å²) in [5.74, 6) is -0.395. The van der Waals surface area contributed by atoms with Gasteiger partial charge in [0.05, 0.1) is 17.1 Å². The van der Waals surface area contributed by atoms with Gasteiger partial charge in [-0.05, 0) is 31.2 Å². The third-order valence-corrected chi connectivity index (χ3v) is 3.39. The number of benzene rings is 1. The fourth-order valence-electron chi connectivity index (χ4n) is 1.61. The highest BCUT2D eigenvalue weighted by atomic mass is 79.9. The lowest BCUT2D eigenvalue weighted by molar-refractivity contribution is -0.137. The quantitative estimate of drug-likeness (QED) is 0.620. The maximum absolute atomic E-state index is 11.3. The van der Waals surface area contributed by atoms with Gasteiger partial charge in [0, 0.05) is 27.7 Å². The Labute approximate surface area is 124 Å².